The normalized spacial score (nSPS) is 18.8. The fourth-order valence-electron chi connectivity index (χ4n) is 3.40. The van der Waals surface area contributed by atoms with Crippen molar-refractivity contribution < 1.29 is 14.1 Å². The summed E-state index contributed by atoms with van der Waals surface area (Å²) in [5.74, 6) is 1.62. The van der Waals surface area contributed by atoms with E-state index >= 15 is 0 Å². The minimum absolute atomic E-state index is 0.168. The molecule has 2 amide bonds. The topological polar surface area (TPSA) is 82.8 Å². The van der Waals surface area contributed by atoms with E-state index in [2.05, 4.69) is 15.0 Å². The van der Waals surface area contributed by atoms with Gasteiger partial charge in [-0.1, -0.05) is 5.16 Å². The van der Waals surface area contributed by atoms with Crippen LogP contribution in [0.15, 0.2) is 4.52 Å². The molecule has 0 unspecified atom stereocenters. The van der Waals surface area contributed by atoms with Crippen molar-refractivity contribution in [2.75, 3.05) is 45.8 Å². The zero-order valence-electron chi connectivity index (χ0n) is 14.9. The highest BCUT2D eigenvalue weighted by molar-refractivity contribution is 5.78. The zero-order valence-corrected chi connectivity index (χ0v) is 14.9. The van der Waals surface area contributed by atoms with E-state index < -0.39 is 0 Å². The molecule has 0 radical (unpaired) electrons. The summed E-state index contributed by atoms with van der Waals surface area (Å²) in [6.45, 7) is 7.01. The Morgan fingerprint density at radius 1 is 1.00 bits per heavy atom. The molecule has 0 bridgehead atoms. The van der Waals surface area contributed by atoms with Gasteiger partial charge >= 0.3 is 0 Å². The first kappa shape index (κ1) is 17.8. The largest absolute Gasteiger partial charge is 0.342 e. The number of likely N-dealkylation sites (tertiary alicyclic amines) is 1. The minimum atomic E-state index is 0.168. The number of carbonyl (C=O) groups is 2. The number of hydrogen-bond donors (Lipinski definition) is 0. The van der Waals surface area contributed by atoms with Crippen LogP contribution in [0.25, 0.3) is 0 Å². The van der Waals surface area contributed by atoms with Gasteiger partial charge in [0.25, 0.3) is 0 Å². The van der Waals surface area contributed by atoms with Crippen molar-refractivity contribution in [2.24, 2.45) is 0 Å². The lowest BCUT2D eigenvalue weighted by Gasteiger charge is -2.35. The lowest BCUT2D eigenvalue weighted by atomic mass is 10.2. The fourth-order valence-corrected chi connectivity index (χ4v) is 3.40. The lowest BCUT2D eigenvalue weighted by Crippen LogP contribution is -2.51. The Bertz CT molecular complexity index is 589. The molecule has 3 heterocycles. The second kappa shape index (κ2) is 8.42. The molecule has 0 aliphatic carbocycles. The van der Waals surface area contributed by atoms with Crippen LogP contribution in [0.5, 0.6) is 0 Å². The molecule has 25 heavy (non-hydrogen) atoms. The maximum atomic E-state index is 12.3. The predicted molar refractivity (Wildman–Crippen MR) is 90.8 cm³/mol. The molecule has 0 spiro atoms. The average molecular weight is 349 g/mol. The molecule has 2 aliphatic heterocycles. The third-order valence-corrected chi connectivity index (χ3v) is 4.89. The van der Waals surface area contributed by atoms with Crippen LogP contribution in [-0.4, -0.2) is 82.5 Å². The number of amides is 2. The quantitative estimate of drug-likeness (QED) is 0.742. The summed E-state index contributed by atoms with van der Waals surface area (Å²) in [5, 5.41) is 3.75. The van der Waals surface area contributed by atoms with E-state index in [0.717, 1.165) is 39.0 Å². The van der Waals surface area contributed by atoms with Gasteiger partial charge in [-0.3, -0.25) is 14.5 Å². The maximum absolute atomic E-state index is 12.3. The molecule has 3 rings (SSSR count). The van der Waals surface area contributed by atoms with Crippen molar-refractivity contribution in [1.82, 2.24) is 24.8 Å². The van der Waals surface area contributed by atoms with Gasteiger partial charge in [0.2, 0.25) is 17.7 Å². The number of nitrogens with zero attached hydrogens (tertiary/aromatic N) is 5. The summed E-state index contributed by atoms with van der Waals surface area (Å²) in [7, 11) is 0. The number of aromatic nitrogens is 2. The monoisotopic (exact) mass is 349 g/mol. The summed E-state index contributed by atoms with van der Waals surface area (Å²) >= 11 is 0. The van der Waals surface area contributed by atoms with Crippen LogP contribution in [-0.2, 0) is 16.0 Å². The molecule has 2 aliphatic rings. The van der Waals surface area contributed by atoms with Gasteiger partial charge in [-0.2, -0.15) is 4.98 Å². The smallest absolute Gasteiger partial charge is 0.236 e. The minimum Gasteiger partial charge on any atom is -0.342 e. The van der Waals surface area contributed by atoms with E-state index in [-0.39, 0.29) is 11.8 Å². The van der Waals surface area contributed by atoms with E-state index in [9.17, 15) is 9.59 Å². The Morgan fingerprint density at radius 2 is 1.68 bits per heavy atom. The number of carbonyl (C=O) groups excluding carboxylic acids is 2. The molecule has 0 atom stereocenters. The zero-order chi connectivity index (χ0) is 17.6. The number of rotatable bonds is 6. The molecule has 0 aromatic carbocycles. The van der Waals surface area contributed by atoms with Gasteiger partial charge in [-0.25, -0.2) is 0 Å². The Labute approximate surface area is 148 Å². The molecule has 2 fully saturated rings. The van der Waals surface area contributed by atoms with E-state index in [1.165, 1.54) is 0 Å². The summed E-state index contributed by atoms with van der Waals surface area (Å²) < 4.78 is 5.06. The molecular formula is C17H27N5O3. The van der Waals surface area contributed by atoms with Crippen LogP contribution >= 0.6 is 0 Å². The molecular weight excluding hydrogens is 322 g/mol. The first-order chi connectivity index (χ1) is 12.1. The van der Waals surface area contributed by atoms with Crippen molar-refractivity contribution in [1.29, 1.82) is 0 Å². The van der Waals surface area contributed by atoms with Gasteiger partial charge in [0.1, 0.15) is 0 Å². The second-order valence-corrected chi connectivity index (χ2v) is 6.83. The van der Waals surface area contributed by atoms with Crippen LogP contribution in [0.3, 0.4) is 0 Å². The van der Waals surface area contributed by atoms with Gasteiger partial charge < -0.3 is 14.3 Å². The van der Waals surface area contributed by atoms with Gasteiger partial charge in [-0.05, 0) is 26.2 Å². The third kappa shape index (κ3) is 5.01. The summed E-state index contributed by atoms with van der Waals surface area (Å²) in [5.41, 5.74) is 0. The lowest BCUT2D eigenvalue weighted by molar-refractivity contribution is -0.134. The highest BCUT2D eigenvalue weighted by atomic mass is 16.5. The average Bonchev–Trinajstić information content (AvgIpc) is 3.27. The van der Waals surface area contributed by atoms with Crippen LogP contribution in [0.4, 0.5) is 0 Å². The van der Waals surface area contributed by atoms with Gasteiger partial charge in [0, 0.05) is 52.1 Å². The van der Waals surface area contributed by atoms with E-state index in [0.29, 0.717) is 50.6 Å². The second-order valence-electron chi connectivity index (χ2n) is 6.83. The molecule has 1 aromatic heterocycles. The van der Waals surface area contributed by atoms with Gasteiger partial charge in [0.15, 0.2) is 5.82 Å². The van der Waals surface area contributed by atoms with Crippen molar-refractivity contribution >= 4 is 11.8 Å². The molecule has 8 nitrogen and oxygen atoms in total. The number of aryl methyl sites for hydroxylation is 2. The standard InChI is InChI=1S/C17H27N5O3/c1-14-18-15(25-19-14)5-4-6-16(23)22-11-9-20(10-12-22)13-17(24)21-7-2-3-8-21/h2-13H2,1H3. The summed E-state index contributed by atoms with van der Waals surface area (Å²) in [4.78, 5) is 34.6. The maximum Gasteiger partial charge on any atom is 0.236 e. The Morgan fingerprint density at radius 3 is 2.32 bits per heavy atom. The van der Waals surface area contributed by atoms with E-state index in [1.807, 2.05) is 9.80 Å². The number of hydrogen-bond acceptors (Lipinski definition) is 6. The van der Waals surface area contributed by atoms with Crippen LogP contribution in [0.2, 0.25) is 0 Å². The van der Waals surface area contributed by atoms with E-state index in [4.69, 9.17) is 4.52 Å². The fraction of sp³-hybridized carbons (Fsp3) is 0.765. The molecule has 138 valence electrons. The summed E-state index contributed by atoms with van der Waals surface area (Å²) in [6.07, 6.45) is 4.09. The van der Waals surface area contributed by atoms with E-state index in [1.54, 1.807) is 6.92 Å². The molecule has 8 heteroatoms. The molecule has 0 N–H and O–H groups in total. The first-order valence-electron chi connectivity index (χ1n) is 9.19. The van der Waals surface area contributed by atoms with Crippen molar-refractivity contribution in [3.63, 3.8) is 0 Å². The van der Waals surface area contributed by atoms with Crippen LogP contribution in [0, 0.1) is 6.92 Å². The third-order valence-electron chi connectivity index (χ3n) is 4.89. The Hall–Kier alpha value is -1.96. The molecule has 1 aromatic rings. The van der Waals surface area contributed by atoms with Crippen LogP contribution in [0.1, 0.15) is 37.4 Å². The van der Waals surface area contributed by atoms with Crippen molar-refractivity contribution in [2.45, 2.75) is 39.0 Å². The molecule has 0 saturated carbocycles. The highest BCUT2D eigenvalue weighted by Crippen LogP contribution is 2.11. The number of piperazine rings is 1. The highest BCUT2D eigenvalue weighted by Gasteiger charge is 2.25. The van der Waals surface area contributed by atoms with Gasteiger partial charge in [-0.15, -0.1) is 0 Å². The molecule has 2 saturated heterocycles. The Balaban J connectivity index is 1.33. The predicted octanol–water partition coefficient (Wildman–Crippen LogP) is 0.467. The summed E-state index contributed by atoms with van der Waals surface area (Å²) in [6, 6.07) is 0. The van der Waals surface area contributed by atoms with Crippen molar-refractivity contribution in [3.8, 4) is 0 Å². The first-order valence-corrected chi connectivity index (χ1v) is 9.19. The van der Waals surface area contributed by atoms with Gasteiger partial charge in [0.05, 0.1) is 6.54 Å². The SMILES string of the molecule is Cc1noc(CCCC(=O)N2CCN(CC(=O)N3CCCC3)CC2)n1. The Kier molecular flexibility index (Phi) is 6.01. The van der Waals surface area contributed by atoms with Crippen LogP contribution < -0.4 is 0 Å². The van der Waals surface area contributed by atoms with Crippen molar-refractivity contribution in [3.05, 3.63) is 11.7 Å².